The molecule has 1 atom stereocenters. The van der Waals surface area contributed by atoms with Crippen molar-refractivity contribution in [3.8, 4) is 0 Å². The largest absolute Gasteiger partial charge is 0.445 e. The number of carbonyl (C=O) groups excluding carboxylic acids is 1. The standard InChI is InChI=1S/C18H19FN2O3/c1-11-2-3-13(14(19)8-11)18(22)21-6-4-16-15(9-21)20-17(24-16)12-5-7-23-10-12/h2-3,8,12H,4-7,9-10H2,1H3. The lowest BCUT2D eigenvalue weighted by atomic mass is 10.1. The van der Waals surface area contributed by atoms with Crippen LogP contribution in [0.2, 0.25) is 0 Å². The van der Waals surface area contributed by atoms with Crippen molar-refractivity contribution >= 4 is 5.91 Å². The Hall–Kier alpha value is -2.21. The van der Waals surface area contributed by atoms with Gasteiger partial charge in [0.25, 0.3) is 5.91 Å². The third kappa shape index (κ3) is 2.71. The Labute approximate surface area is 139 Å². The zero-order chi connectivity index (χ0) is 16.7. The average Bonchev–Trinajstić information content (AvgIpc) is 3.22. The van der Waals surface area contributed by atoms with Crippen molar-refractivity contribution in [1.29, 1.82) is 0 Å². The summed E-state index contributed by atoms with van der Waals surface area (Å²) in [6.07, 6.45) is 1.52. The molecule has 0 aliphatic carbocycles. The van der Waals surface area contributed by atoms with E-state index in [-0.39, 0.29) is 17.4 Å². The summed E-state index contributed by atoms with van der Waals surface area (Å²) >= 11 is 0. The van der Waals surface area contributed by atoms with Gasteiger partial charge in [0.1, 0.15) is 17.3 Å². The van der Waals surface area contributed by atoms with Gasteiger partial charge in [0.2, 0.25) is 0 Å². The number of nitrogens with zero attached hydrogens (tertiary/aromatic N) is 2. The molecule has 2 aliphatic heterocycles. The molecule has 1 aromatic heterocycles. The molecule has 1 unspecified atom stereocenters. The van der Waals surface area contributed by atoms with Crippen LogP contribution in [-0.2, 0) is 17.7 Å². The molecule has 0 bridgehead atoms. The van der Waals surface area contributed by atoms with Crippen LogP contribution < -0.4 is 0 Å². The molecule has 1 fully saturated rings. The minimum Gasteiger partial charge on any atom is -0.445 e. The Balaban J connectivity index is 1.54. The first-order valence-electron chi connectivity index (χ1n) is 8.23. The van der Waals surface area contributed by atoms with E-state index in [0.29, 0.717) is 32.0 Å². The highest BCUT2D eigenvalue weighted by Crippen LogP contribution is 2.29. The lowest BCUT2D eigenvalue weighted by Gasteiger charge is -2.25. The first kappa shape index (κ1) is 15.3. The predicted octanol–water partition coefficient (Wildman–Crippen LogP) is 2.82. The summed E-state index contributed by atoms with van der Waals surface area (Å²) in [4.78, 5) is 18.8. The van der Waals surface area contributed by atoms with Gasteiger partial charge in [-0.15, -0.1) is 0 Å². The summed E-state index contributed by atoms with van der Waals surface area (Å²) < 4.78 is 25.3. The Morgan fingerprint density at radius 3 is 3.04 bits per heavy atom. The van der Waals surface area contributed by atoms with E-state index in [1.165, 1.54) is 6.07 Å². The van der Waals surface area contributed by atoms with Gasteiger partial charge in [0.05, 0.1) is 24.6 Å². The normalized spacial score (nSPS) is 20.2. The lowest BCUT2D eigenvalue weighted by molar-refractivity contribution is 0.0723. The van der Waals surface area contributed by atoms with Gasteiger partial charge in [0, 0.05) is 19.6 Å². The lowest BCUT2D eigenvalue weighted by Crippen LogP contribution is -2.36. The number of amides is 1. The summed E-state index contributed by atoms with van der Waals surface area (Å²) in [6, 6.07) is 4.68. The average molecular weight is 330 g/mol. The van der Waals surface area contributed by atoms with Gasteiger partial charge in [-0.25, -0.2) is 9.37 Å². The van der Waals surface area contributed by atoms with Gasteiger partial charge in [-0.2, -0.15) is 0 Å². The van der Waals surface area contributed by atoms with Crippen molar-refractivity contribution in [3.05, 3.63) is 52.5 Å². The molecule has 4 rings (SSSR count). The third-order valence-corrected chi connectivity index (χ3v) is 4.67. The van der Waals surface area contributed by atoms with Crippen LogP contribution in [0, 0.1) is 12.7 Å². The van der Waals surface area contributed by atoms with Crippen molar-refractivity contribution in [2.24, 2.45) is 0 Å². The molecule has 1 aromatic carbocycles. The highest BCUT2D eigenvalue weighted by atomic mass is 19.1. The maximum absolute atomic E-state index is 14.1. The number of halogens is 1. The molecule has 3 heterocycles. The number of aromatic nitrogens is 1. The van der Waals surface area contributed by atoms with Crippen LogP contribution >= 0.6 is 0 Å². The summed E-state index contributed by atoms with van der Waals surface area (Å²) in [7, 11) is 0. The molecule has 2 aromatic rings. The molecule has 0 saturated carbocycles. The maximum atomic E-state index is 14.1. The van der Waals surface area contributed by atoms with Crippen molar-refractivity contribution in [2.75, 3.05) is 19.8 Å². The summed E-state index contributed by atoms with van der Waals surface area (Å²) in [5.74, 6) is 0.967. The van der Waals surface area contributed by atoms with Gasteiger partial charge in [-0.3, -0.25) is 4.79 Å². The summed E-state index contributed by atoms with van der Waals surface area (Å²) in [5, 5.41) is 0. The Morgan fingerprint density at radius 1 is 1.42 bits per heavy atom. The quantitative estimate of drug-likeness (QED) is 0.850. The second-order valence-corrected chi connectivity index (χ2v) is 6.44. The SMILES string of the molecule is Cc1ccc(C(=O)N2CCc3oc(C4CCOC4)nc3C2)c(F)c1. The molecule has 2 aliphatic rings. The van der Waals surface area contributed by atoms with E-state index in [0.717, 1.165) is 30.0 Å². The Morgan fingerprint density at radius 2 is 2.29 bits per heavy atom. The molecule has 1 amide bonds. The number of hydrogen-bond donors (Lipinski definition) is 0. The minimum absolute atomic E-state index is 0.108. The van der Waals surface area contributed by atoms with Crippen molar-refractivity contribution < 1.29 is 18.3 Å². The van der Waals surface area contributed by atoms with E-state index in [1.807, 2.05) is 0 Å². The van der Waals surface area contributed by atoms with Gasteiger partial charge >= 0.3 is 0 Å². The third-order valence-electron chi connectivity index (χ3n) is 4.67. The summed E-state index contributed by atoms with van der Waals surface area (Å²) in [5.41, 5.74) is 1.69. The first-order chi connectivity index (χ1) is 11.6. The number of hydrogen-bond acceptors (Lipinski definition) is 4. The molecule has 0 N–H and O–H groups in total. The highest BCUT2D eigenvalue weighted by Gasteiger charge is 2.30. The monoisotopic (exact) mass is 330 g/mol. The van der Waals surface area contributed by atoms with Crippen molar-refractivity contribution in [3.63, 3.8) is 0 Å². The van der Waals surface area contributed by atoms with Crippen LogP contribution in [0.4, 0.5) is 4.39 Å². The van der Waals surface area contributed by atoms with Crippen LogP contribution in [0.5, 0.6) is 0 Å². The Bertz CT molecular complexity index is 781. The number of fused-ring (bicyclic) bond motifs is 1. The number of rotatable bonds is 2. The van der Waals surface area contributed by atoms with E-state index in [1.54, 1.807) is 24.0 Å². The minimum atomic E-state index is -0.477. The second-order valence-electron chi connectivity index (χ2n) is 6.44. The fourth-order valence-corrected chi connectivity index (χ4v) is 3.26. The summed E-state index contributed by atoms with van der Waals surface area (Å²) in [6.45, 7) is 4.04. The smallest absolute Gasteiger partial charge is 0.257 e. The van der Waals surface area contributed by atoms with Crippen LogP contribution in [0.15, 0.2) is 22.6 Å². The molecule has 0 spiro atoms. The van der Waals surface area contributed by atoms with E-state index in [9.17, 15) is 9.18 Å². The molecule has 126 valence electrons. The molecular formula is C18H19FN2O3. The van der Waals surface area contributed by atoms with Crippen LogP contribution in [0.3, 0.4) is 0 Å². The van der Waals surface area contributed by atoms with Crippen LogP contribution in [0.25, 0.3) is 0 Å². The van der Waals surface area contributed by atoms with E-state index >= 15 is 0 Å². The van der Waals surface area contributed by atoms with E-state index in [2.05, 4.69) is 4.98 Å². The van der Waals surface area contributed by atoms with E-state index < -0.39 is 5.82 Å². The van der Waals surface area contributed by atoms with E-state index in [4.69, 9.17) is 9.15 Å². The zero-order valence-electron chi connectivity index (χ0n) is 13.5. The Kier molecular flexibility index (Phi) is 3.84. The number of oxazole rings is 1. The van der Waals surface area contributed by atoms with Gasteiger partial charge in [-0.1, -0.05) is 6.07 Å². The molecule has 6 heteroatoms. The number of benzene rings is 1. The fourth-order valence-electron chi connectivity index (χ4n) is 3.26. The van der Waals surface area contributed by atoms with Crippen LogP contribution in [0.1, 0.15) is 45.6 Å². The maximum Gasteiger partial charge on any atom is 0.257 e. The number of aryl methyl sites for hydroxylation is 1. The molecule has 24 heavy (non-hydrogen) atoms. The van der Waals surface area contributed by atoms with Gasteiger partial charge < -0.3 is 14.1 Å². The number of carbonyl (C=O) groups is 1. The predicted molar refractivity (Wildman–Crippen MR) is 84.3 cm³/mol. The molecule has 5 nitrogen and oxygen atoms in total. The fraction of sp³-hybridized carbons (Fsp3) is 0.444. The van der Waals surface area contributed by atoms with Crippen molar-refractivity contribution in [1.82, 2.24) is 9.88 Å². The first-order valence-corrected chi connectivity index (χ1v) is 8.23. The van der Waals surface area contributed by atoms with Crippen LogP contribution in [-0.4, -0.2) is 35.5 Å². The molecule has 1 saturated heterocycles. The molecule has 0 radical (unpaired) electrons. The van der Waals surface area contributed by atoms with Gasteiger partial charge in [0.15, 0.2) is 5.89 Å². The van der Waals surface area contributed by atoms with Gasteiger partial charge in [-0.05, 0) is 31.0 Å². The van der Waals surface area contributed by atoms with Crippen molar-refractivity contribution in [2.45, 2.75) is 32.2 Å². The zero-order valence-corrected chi connectivity index (χ0v) is 13.5. The number of ether oxygens (including phenoxy) is 1. The highest BCUT2D eigenvalue weighted by molar-refractivity contribution is 5.94. The second kappa shape index (κ2) is 6.02. The molecular weight excluding hydrogens is 311 g/mol. The topological polar surface area (TPSA) is 55.6 Å².